The molecule has 0 aliphatic rings. The predicted molar refractivity (Wildman–Crippen MR) is 73.0 cm³/mol. The van der Waals surface area contributed by atoms with Gasteiger partial charge >= 0.3 is 5.97 Å². The van der Waals surface area contributed by atoms with Crippen molar-refractivity contribution in [3.05, 3.63) is 47.6 Å². The van der Waals surface area contributed by atoms with Crippen LogP contribution in [0.2, 0.25) is 0 Å². The highest BCUT2D eigenvalue weighted by molar-refractivity contribution is 6.38. The van der Waals surface area contributed by atoms with Crippen molar-refractivity contribution in [1.29, 1.82) is 0 Å². The van der Waals surface area contributed by atoms with E-state index in [9.17, 15) is 9.59 Å². The van der Waals surface area contributed by atoms with Crippen LogP contribution in [-0.2, 0) is 9.59 Å². The van der Waals surface area contributed by atoms with Crippen LogP contribution in [0.3, 0.4) is 0 Å². The topological polar surface area (TPSA) is 63.6 Å². The molecule has 0 atom stereocenters. The van der Waals surface area contributed by atoms with Crippen molar-refractivity contribution in [3.8, 4) is 5.75 Å². The van der Waals surface area contributed by atoms with E-state index in [1.165, 1.54) is 6.08 Å². The van der Waals surface area contributed by atoms with E-state index in [1.54, 1.807) is 18.2 Å². The first-order chi connectivity index (χ1) is 9.00. The lowest BCUT2D eigenvalue weighted by Gasteiger charge is -2.07. The molecule has 0 spiro atoms. The molecule has 0 amide bonds. The molecule has 0 bridgehead atoms. The fourth-order valence-corrected chi connectivity index (χ4v) is 1.28. The standard InChI is InChI=1S/C15H16O4/c1-11(2)9-10-19-14-6-4-3-5-12(14)7-8-13(16)15(17)18/h3-9H,10H2,1-2H3,(H,17,18). The monoisotopic (exact) mass is 260 g/mol. The smallest absolute Gasteiger partial charge is 0.376 e. The summed E-state index contributed by atoms with van der Waals surface area (Å²) < 4.78 is 5.55. The van der Waals surface area contributed by atoms with Crippen LogP contribution in [0, 0.1) is 0 Å². The van der Waals surface area contributed by atoms with Crippen molar-refractivity contribution < 1.29 is 19.4 Å². The van der Waals surface area contributed by atoms with Crippen molar-refractivity contribution in [3.63, 3.8) is 0 Å². The Kier molecular flexibility index (Phi) is 5.54. The van der Waals surface area contributed by atoms with Crippen LogP contribution in [0.25, 0.3) is 6.08 Å². The molecule has 1 N–H and O–H groups in total. The number of ketones is 1. The number of rotatable bonds is 6. The molecular weight excluding hydrogens is 244 g/mol. The number of ether oxygens (including phenoxy) is 1. The summed E-state index contributed by atoms with van der Waals surface area (Å²) in [6.45, 7) is 4.38. The number of carboxylic acid groups (broad SMARTS) is 1. The van der Waals surface area contributed by atoms with Crippen LogP contribution in [0.4, 0.5) is 0 Å². The zero-order valence-electron chi connectivity index (χ0n) is 10.9. The molecule has 0 heterocycles. The van der Waals surface area contributed by atoms with Gasteiger partial charge in [-0.2, -0.15) is 0 Å². The fourth-order valence-electron chi connectivity index (χ4n) is 1.28. The summed E-state index contributed by atoms with van der Waals surface area (Å²) in [4.78, 5) is 21.4. The molecule has 19 heavy (non-hydrogen) atoms. The van der Waals surface area contributed by atoms with Crippen LogP contribution in [0.5, 0.6) is 5.75 Å². The average Bonchev–Trinajstić information content (AvgIpc) is 2.36. The Labute approximate surface area is 112 Å². The van der Waals surface area contributed by atoms with Gasteiger partial charge in [-0.25, -0.2) is 4.79 Å². The van der Waals surface area contributed by atoms with Gasteiger partial charge < -0.3 is 9.84 Å². The molecule has 4 heteroatoms. The highest BCUT2D eigenvalue weighted by Crippen LogP contribution is 2.19. The van der Waals surface area contributed by atoms with Gasteiger partial charge in [0.2, 0.25) is 0 Å². The van der Waals surface area contributed by atoms with Gasteiger partial charge in [0.25, 0.3) is 5.78 Å². The maximum absolute atomic E-state index is 11.0. The predicted octanol–water partition coefficient (Wildman–Crippen LogP) is 2.70. The second-order valence-electron chi connectivity index (χ2n) is 4.13. The Morgan fingerprint density at radius 3 is 2.58 bits per heavy atom. The SMILES string of the molecule is CC(C)=CCOc1ccccc1C=CC(=O)C(=O)O. The van der Waals surface area contributed by atoms with Crippen molar-refractivity contribution >= 4 is 17.8 Å². The zero-order chi connectivity index (χ0) is 14.3. The Balaban J connectivity index is 2.81. The molecular formula is C15H16O4. The zero-order valence-corrected chi connectivity index (χ0v) is 10.9. The minimum atomic E-state index is -1.47. The third-order valence-electron chi connectivity index (χ3n) is 2.27. The van der Waals surface area contributed by atoms with E-state index >= 15 is 0 Å². The molecule has 0 saturated heterocycles. The van der Waals surface area contributed by atoms with E-state index < -0.39 is 11.8 Å². The van der Waals surface area contributed by atoms with Crippen LogP contribution in [0.1, 0.15) is 19.4 Å². The van der Waals surface area contributed by atoms with Crippen LogP contribution < -0.4 is 4.74 Å². The summed E-state index contributed by atoms with van der Waals surface area (Å²) >= 11 is 0. The number of hydrogen-bond donors (Lipinski definition) is 1. The number of carbonyl (C=O) groups excluding carboxylic acids is 1. The van der Waals surface area contributed by atoms with Gasteiger partial charge in [-0.05, 0) is 38.1 Å². The summed E-state index contributed by atoms with van der Waals surface area (Å²) in [5.74, 6) is -1.83. The third kappa shape index (κ3) is 5.21. The molecule has 0 aromatic heterocycles. The van der Waals surface area contributed by atoms with Crippen LogP contribution >= 0.6 is 0 Å². The second kappa shape index (κ2) is 7.16. The Morgan fingerprint density at radius 1 is 1.26 bits per heavy atom. The number of aliphatic carboxylic acids is 1. The summed E-state index contributed by atoms with van der Waals surface area (Å²) in [7, 11) is 0. The van der Waals surface area contributed by atoms with Gasteiger partial charge in [0.1, 0.15) is 12.4 Å². The molecule has 1 rings (SSSR count). The van der Waals surface area contributed by atoms with E-state index in [1.807, 2.05) is 26.0 Å². The van der Waals surface area contributed by atoms with Crippen molar-refractivity contribution in [2.45, 2.75) is 13.8 Å². The molecule has 100 valence electrons. The number of hydrogen-bond acceptors (Lipinski definition) is 3. The molecule has 0 radical (unpaired) electrons. The largest absolute Gasteiger partial charge is 0.489 e. The Morgan fingerprint density at radius 2 is 1.95 bits per heavy atom. The average molecular weight is 260 g/mol. The maximum atomic E-state index is 11.0. The molecule has 0 fully saturated rings. The lowest BCUT2D eigenvalue weighted by Crippen LogP contribution is -2.08. The summed E-state index contributed by atoms with van der Waals surface area (Å²) in [5.41, 5.74) is 1.81. The second-order valence-corrected chi connectivity index (χ2v) is 4.13. The van der Waals surface area contributed by atoms with Crippen molar-refractivity contribution in [2.75, 3.05) is 6.61 Å². The number of para-hydroxylation sites is 1. The van der Waals surface area contributed by atoms with Crippen LogP contribution in [-0.4, -0.2) is 23.5 Å². The normalized spacial score (nSPS) is 10.2. The quantitative estimate of drug-likeness (QED) is 0.485. The lowest BCUT2D eigenvalue weighted by molar-refractivity contribution is -0.146. The van der Waals surface area contributed by atoms with Gasteiger partial charge in [-0.1, -0.05) is 23.8 Å². The minimum Gasteiger partial charge on any atom is -0.489 e. The van der Waals surface area contributed by atoms with Gasteiger partial charge in [-0.15, -0.1) is 0 Å². The number of carbonyl (C=O) groups is 2. The van der Waals surface area contributed by atoms with E-state index in [4.69, 9.17) is 9.84 Å². The van der Waals surface area contributed by atoms with Crippen molar-refractivity contribution in [2.24, 2.45) is 0 Å². The van der Waals surface area contributed by atoms with E-state index in [-0.39, 0.29) is 0 Å². The first-order valence-corrected chi connectivity index (χ1v) is 5.81. The first kappa shape index (κ1) is 14.7. The number of benzene rings is 1. The lowest BCUT2D eigenvalue weighted by atomic mass is 10.1. The maximum Gasteiger partial charge on any atom is 0.376 e. The molecule has 1 aromatic carbocycles. The van der Waals surface area contributed by atoms with Gasteiger partial charge in [0, 0.05) is 5.56 Å². The van der Waals surface area contributed by atoms with Gasteiger partial charge in [0.05, 0.1) is 0 Å². The van der Waals surface area contributed by atoms with E-state index in [0.29, 0.717) is 17.9 Å². The minimum absolute atomic E-state index is 0.431. The molecule has 0 aliphatic carbocycles. The molecule has 1 aromatic rings. The Bertz CT molecular complexity index is 523. The van der Waals surface area contributed by atoms with Crippen molar-refractivity contribution in [1.82, 2.24) is 0 Å². The fraction of sp³-hybridized carbons (Fsp3) is 0.200. The summed E-state index contributed by atoms with van der Waals surface area (Å²) in [6, 6.07) is 7.13. The summed E-state index contributed by atoms with van der Waals surface area (Å²) in [6.07, 6.45) is 4.39. The first-order valence-electron chi connectivity index (χ1n) is 5.81. The Hall–Kier alpha value is -2.36. The highest BCUT2D eigenvalue weighted by Gasteiger charge is 2.06. The molecule has 0 saturated carbocycles. The van der Waals surface area contributed by atoms with E-state index in [0.717, 1.165) is 11.6 Å². The number of carboxylic acids is 1. The third-order valence-corrected chi connectivity index (χ3v) is 2.27. The molecule has 4 nitrogen and oxygen atoms in total. The summed E-state index contributed by atoms with van der Waals surface area (Å²) in [5, 5.41) is 8.49. The van der Waals surface area contributed by atoms with Gasteiger partial charge in [-0.3, -0.25) is 4.79 Å². The van der Waals surface area contributed by atoms with Gasteiger partial charge in [0.15, 0.2) is 0 Å². The van der Waals surface area contributed by atoms with Crippen LogP contribution in [0.15, 0.2) is 42.0 Å². The number of allylic oxidation sites excluding steroid dienone is 1. The molecule has 0 unspecified atom stereocenters. The molecule has 0 aliphatic heterocycles. The van der Waals surface area contributed by atoms with E-state index in [2.05, 4.69) is 0 Å². The highest BCUT2D eigenvalue weighted by atomic mass is 16.5.